The SMILES string of the molecule is COC(=O)/C=C/c1ccc2c(c1)C(=O)CC1(CCN(C(=O)c3ccccc3)CC1)O2. The van der Waals surface area contributed by atoms with Gasteiger partial charge < -0.3 is 14.4 Å². The first-order valence-electron chi connectivity index (χ1n) is 9.96. The van der Waals surface area contributed by atoms with E-state index in [-0.39, 0.29) is 18.1 Å². The van der Waals surface area contributed by atoms with E-state index in [1.165, 1.54) is 13.2 Å². The van der Waals surface area contributed by atoms with Crippen molar-refractivity contribution in [2.24, 2.45) is 0 Å². The Balaban J connectivity index is 1.46. The molecule has 1 saturated heterocycles. The average Bonchev–Trinajstić information content (AvgIpc) is 2.78. The van der Waals surface area contributed by atoms with Crippen LogP contribution in [-0.2, 0) is 9.53 Å². The molecule has 0 bridgehead atoms. The van der Waals surface area contributed by atoms with Crippen molar-refractivity contribution < 1.29 is 23.9 Å². The maximum atomic E-state index is 12.9. The summed E-state index contributed by atoms with van der Waals surface area (Å²) in [6.07, 6.45) is 4.44. The Kier molecular flexibility index (Phi) is 5.40. The van der Waals surface area contributed by atoms with Gasteiger partial charge in [0.25, 0.3) is 5.91 Å². The zero-order valence-electron chi connectivity index (χ0n) is 16.8. The lowest BCUT2D eigenvalue weighted by Gasteiger charge is -2.44. The molecule has 2 heterocycles. The molecule has 0 unspecified atom stereocenters. The third-order valence-electron chi connectivity index (χ3n) is 5.71. The van der Waals surface area contributed by atoms with E-state index in [0.717, 1.165) is 5.56 Å². The second kappa shape index (κ2) is 8.14. The van der Waals surface area contributed by atoms with Crippen LogP contribution >= 0.6 is 0 Å². The number of fused-ring (bicyclic) bond motifs is 1. The fraction of sp³-hybridized carbons (Fsp3) is 0.292. The van der Waals surface area contributed by atoms with Crippen LogP contribution < -0.4 is 4.74 Å². The van der Waals surface area contributed by atoms with E-state index in [9.17, 15) is 14.4 Å². The number of carbonyl (C=O) groups is 3. The molecule has 154 valence electrons. The second-order valence-corrected chi connectivity index (χ2v) is 7.66. The number of ether oxygens (including phenoxy) is 2. The summed E-state index contributed by atoms with van der Waals surface area (Å²) in [5.41, 5.74) is 1.36. The number of methoxy groups -OCH3 is 1. The van der Waals surface area contributed by atoms with Crippen molar-refractivity contribution in [2.45, 2.75) is 24.9 Å². The molecule has 1 spiro atoms. The van der Waals surface area contributed by atoms with Crippen LogP contribution in [0.25, 0.3) is 6.08 Å². The fourth-order valence-corrected chi connectivity index (χ4v) is 4.01. The highest BCUT2D eigenvalue weighted by Crippen LogP contribution is 2.40. The minimum atomic E-state index is -0.569. The number of rotatable bonds is 3. The summed E-state index contributed by atoms with van der Waals surface area (Å²) in [6.45, 7) is 1.10. The predicted octanol–water partition coefficient (Wildman–Crippen LogP) is 3.51. The number of likely N-dealkylation sites (tertiary alicyclic amines) is 1. The van der Waals surface area contributed by atoms with E-state index >= 15 is 0 Å². The summed E-state index contributed by atoms with van der Waals surface area (Å²) in [4.78, 5) is 38.6. The number of Topliss-reactive ketones (excluding diaryl/α,β-unsaturated/α-hetero) is 1. The monoisotopic (exact) mass is 405 g/mol. The maximum Gasteiger partial charge on any atom is 0.330 e. The van der Waals surface area contributed by atoms with Gasteiger partial charge in [0.15, 0.2) is 5.78 Å². The second-order valence-electron chi connectivity index (χ2n) is 7.66. The quantitative estimate of drug-likeness (QED) is 0.577. The zero-order chi connectivity index (χ0) is 21.1. The molecular weight excluding hydrogens is 382 g/mol. The molecule has 0 saturated carbocycles. The lowest BCUT2D eigenvalue weighted by Crippen LogP contribution is -2.52. The Morgan fingerprint density at radius 1 is 1.10 bits per heavy atom. The smallest absolute Gasteiger partial charge is 0.330 e. The Morgan fingerprint density at radius 3 is 2.53 bits per heavy atom. The van der Waals surface area contributed by atoms with Gasteiger partial charge in [-0.1, -0.05) is 24.3 Å². The minimum absolute atomic E-state index is 0.00928. The maximum absolute atomic E-state index is 12.9. The van der Waals surface area contributed by atoms with Crippen molar-refractivity contribution >= 4 is 23.7 Å². The van der Waals surface area contributed by atoms with E-state index in [2.05, 4.69) is 4.74 Å². The minimum Gasteiger partial charge on any atom is -0.486 e. The van der Waals surface area contributed by atoms with Gasteiger partial charge >= 0.3 is 5.97 Å². The number of benzene rings is 2. The number of hydrogen-bond acceptors (Lipinski definition) is 5. The van der Waals surface area contributed by atoms with Crippen LogP contribution in [0, 0.1) is 0 Å². The first kappa shape index (κ1) is 19.9. The molecule has 2 aromatic carbocycles. The largest absolute Gasteiger partial charge is 0.486 e. The Bertz CT molecular complexity index is 1000. The Labute approximate surface area is 175 Å². The highest BCUT2D eigenvalue weighted by atomic mass is 16.5. The Hall–Kier alpha value is -3.41. The summed E-state index contributed by atoms with van der Waals surface area (Å²) in [6, 6.07) is 14.5. The average molecular weight is 405 g/mol. The highest BCUT2D eigenvalue weighted by molar-refractivity contribution is 6.01. The van der Waals surface area contributed by atoms with Gasteiger partial charge in [-0.2, -0.15) is 0 Å². The topological polar surface area (TPSA) is 72.9 Å². The van der Waals surface area contributed by atoms with Crippen LogP contribution in [0.2, 0.25) is 0 Å². The van der Waals surface area contributed by atoms with E-state index in [4.69, 9.17) is 4.74 Å². The molecule has 1 amide bonds. The third-order valence-corrected chi connectivity index (χ3v) is 5.71. The first-order valence-corrected chi connectivity index (χ1v) is 9.96. The molecule has 4 rings (SSSR count). The van der Waals surface area contributed by atoms with Gasteiger partial charge in [-0.15, -0.1) is 0 Å². The van der Waals surface area contributed by atoms with E-state index in [1.807, 2.05) is 35.2 Å². The first-order chi connectivity index (χ1) is 14.5. The number of amides is 1. The van der Waals surface area contributed by atoms with Gasteiger partial charge in [0.05, 0.1) is 19.1 Å². The van der Waals surface area contributed by atoms with Crippen LogP contribution in [0.4, 0.5) is 0 Å². The molecule has 0 aliphatic carbocycles. The lowest BCUT2D eigenvalue weighted by atomic mass is 9.82. The standard InChI is InChI=1S/C24H23NO5/c1-29-22(27)10-8-17-7-9-21-19(15-17)20(26)16-24(30-21)11-13-25(14-12-24)23(28)18-5-3-2-4-6-18/h2-10,15H,11-14,16H2,1H3/b10-8+. The van der Waals surface area contributed by atoms with Gasteiger partial charge in [-0.25, -0.2) is 4.79 Å². The lowest BCUT2D eigenvalue weighted by molar-refractivity contribution is -0.134. The van der Waals surface area contributed by atoms with Crippen LogP contribution in [-0.4, -0.2) is 48.4 Å². The van der Waals surface area contributed by atoms with Crippen molar-refractivity contribution in [3.05, 3.63) is 71.3 Å². The van der Waals surface area contributed by atoms with E-state index < -0.39 is 11.6 Å². The highest BCUT2D eigenvalue weighted by Gasteiger charge is 2.43. The molecule has 2 aliphatic rings. The molecule has 0 N–H and O–H groups in total. The summed E-state index contributed by atoms with van der Waals surface area (Å²) in [7, 11) is 1.31. The number of nitrogens with zero attached hydrogens (tertiary/aromatic N) is 1. The summed E-state index contributed by atoms with van der Waals surface area (Å²) in [5, 5.41) is 0. The number of piperidine rings is 1. The van der Waals surface area contributed by atoms with Gasteiger partial charge in [0, 0.05) is 37.6 Å². The molecule has 2 aliphatic heterocycles. The number of esters is 1. The molecule has 6 heteroatoms. The summed E-state index contributed by atoms with van der Waals surface area (Å²) < 4.78 is 10.9. The van der Waals surface area contributed by atoms with Gasteiger partial charge in [0.2, 0.25) is 0 Å². The van der Waals surface area contributed by atoms with Crippen molar-refractivity contribution in [2.75, 3.05) is 20.2 Å². The molecule has 1 fully saturated rings. The van der Waals surface area contributed by atoms with Crippen molar-refractivity contribution in [1.29, 1.82) is 0 Å². The van der Waals surface area contributed by atoms with Crippen molar-refractivity contribution in [1.82, 2.24) is 4.90 Å². The van der Waals surface area contributed by atoms with Crippen molar-refractivity contribution in [3.8, 4) is 5.75 Å². The zero-order valence-corrected chi connectivity index (χ0v) is 16.8. The van der Waals surface area contributed by atoms with E-state index in [1.54, 1.807) is 24.3 Å². The molecule has 0 radical (unpaired) electrons. The molecule has 0 atom stereocenters. The predicted molar refractivity (Wildman–Crippen MR) is 111 cm³/mol. The molecule has 6 nitrogen and oxygen atoms in total. The summed E-state index contributed by atoms with van der Waals surface area (Å²) >= 11 is 0. The molecule has 2 aromatic rings. The van der Waals surface area contributed by atoms with Gasteiger partial charge in [0.1, 0.15) is 11.4 Å². The number of ketones is 1. The molecule has 30 heavy (non-hydrogen) atoms. The third kappa shape index (κ3) is 3.99. The van der Waals surface area contributed by atoms with Crippen LogP contribution in [0.5, 0.6) is 5.75 Å². The van der Waals surface area contributed by atoms with Crippen molar-refractivity contribution in [3.63, 3.8) is 0 Å². The van der Waals surface area contributed by atoms with Crippen LogP contribution in [0.3, 0.4) is 0 Å². The fourth-order valence-electron chi connectivity index (χ4n) is 4.01. The van der Waals surface area contributed by atoms with Gasteiger partial charge in [-0.05, 0) is 35.9 Å². The van der Waals surface area contributed by atoms with Gasteiger partial charge in [-0.3, -0.25) is 9.59 Å². The Morgan fingerprint density at radius 2 is 1.83 bits per heavy atom. The van der Waals surface area contributed by atoms with Crippen LogP contribution in [0.15, 0.2) is 54.6 Å². The van der Waals surface area contributed by atoms with E-state index in [0.29, 0.717) is 42.8 Å². The number of hydrogen-bond donors (Lipinski definition) is 0. The normalized spacial score (nSPS) is 17.5. The number of carbonyl (C=O) groups excluding carboxylic acids is 3. The van der Waals surface area contributed by atoms with Crippen LogP contribution in [0.1, 0.15) is 45.5 Å². The summed E-state index contributed by atoms with van der Waals surface area (Å²) in [5.74, 6) is 0.137. The molecular formula is C24H23NO5. The molecule has 0 aromatic heterocycles.